The summed E-state index contributed by atoms with van der Waals surface area (Å²) in [4.78, 5) is 4.13. The first-order chi connectivity index (χ1) is 10.1. The van der Waals surface area contributed by atoms with Crippen LogP contribution < -0.4 is 11.1 Å². The van der Waals surface area contributed by atoms with E-state index in [2.05, 4.69) is 17.2 Å². The molecule has 1 aromatic heterocycles. The summed E-state index contributed by atoms with van der Waals surface area (Å²) in [5.41, 5.74) is 8.67. The smallest absolute Gasteiger partial charge is 0.126 e. The number of anilines is 1. The van der Waals surface area contributed by atoms with Crippen LogP contribution in [0.2, 0.25) is 0 Å². The molecule has 112 valence electrons. The zero-order valence-corrected chi connectivity index (χ0v) is 12.6. The molecule has 4 heteroatoms. The number of pyridine rings is 1. The standard InChI is InChI=1S/C17H22FN3/c1-3-8-20-16(11-14-5-4-9-21-17(14)19)13-6-7-15(18)12(2)10-13/h4-7,9-10,16,20H,3,8,11H2,1-2H3,(H2,19,21). The average molecular weight is 287 g/mol. The number of nitrogens with one attached hydrogen (secondary N) is 1. The van der Waals surface area contributed by atoms with E-state index in [1.807, 2.05) is 24.3 Å². The molecular weight excluding hydrogens is 265 g/mol. The maximum Gasteiger partial charge on any atom is 0.126 e. The second kappa shape index (κ2) is 7.18. The maximum absolute atomic E-state index is 13.5. The molecule has 1 heterocycles. The summed E-state index contributed by atoms with van der Waals surface area (Å²) in [6.07, 6.45) is 3.47. The van der Waals surface area contributed by atoms with E-state index in [0.717, 1.165) is 30.5 Å². The highest BCUT2D eigenvalue weighted by molar-refractivity contribution is 5.40. The summed E-state index contributed by atoms with van der Waals surface area (Å²) >= 11 is 0. The Morgan fingerprint density at radius 3 is 2.81 bits per heavy atom. The van der Waals surface area contributed by atoms with Crippen LogP contribution in [-0.4, -0.2) is 11.5 Å². The number of hydrogen-bond acceptors (Lipinski definition) is 3. The molecule has 0 aliphatic carbocycles. The van der Waals surface area contributed by atoms with E-state index in [-0.39, 0.29) is 11.9 Å². The normalized spacial score (nSPS) is 12.3. The van der Waals surface area contributed by atoms with Crippen LogP contribution in [0.15, 0.2) is 36.5 Å². The molecule has 0 amide bonds. The summed E-state index contributed by atoms with van der Waals surface area (Å²) in [7, 11) is 0. The summed E-state index contributed by atoms with van der Waals surface area (Å²) in [6.45, 7) is 4.81. The number of nitrogens with zero attached hydrogens (tertiary/aromatic N) is 1. The Hall–Kier alpha value is -1.94. The zero-order valence-electron chi connectivity index (χ0n) is 12.6. The number of aromatic nitrogens is 1. The lowest BCUT2D eigenvalue weighted by Crippen LogP contribution is -2.24. The highest BCUT2D eigenvalue weighted by Gasteiger charge is 2.14. The molecule has 3 nitrogen and oxygen atoms in total. The van der Waals surface area contributed by atoms with Gasteiger partial charge in [0.15, 0.2) is 0 Å². The Morgan fingerprint density at radius 2 is 2.14 bits per heavy atom. The molecule has 0 bridgehead atoms. The first-order valence-corrected chi connectivity index (χ1v) is 7.30. The second-order valence-electron chi connectivity index (χ2n) is 5.27. The molecule has 0 saturated heterocycles. The monoisotopic (exact) mass is 287 g/mol. The van der Waals surface area contributed by atoms with E-state index >= 15 is 0 Å². The van der Waals surface area contributed by atoms with E-state index in [0.29, 0.717) is 11.4 Å². The minimum Gasteiger partial charge on any atom is -0.383 e. The number of rotatable bonds is 6. The van der Waals surface area contributed by atoms with E-state index in [9.17, 15) is 4.39 Å². The molecule has 2 aromatic rings. The van der Waals surface area contributed by atoms with Gasteiger partial charge in [0.2, 0.25) is 0 Å². The molecule has 0 saturated carbocycles. The Kier molecular flexibility index (Phi) is 5.28. The van der Waals surface area contributed by atoms with Crippen molar-refractivity contribution < 1.29 is 4.39 Å². The number of benzene rings is 1. The van der Waals surface area contributed by atoms with E-state index < -0.39 is 0 Å². The fourth-order valence-electron chi connectivity index (χ4n) is 2.35. The predicted molar refractivity (Wildman–Crippen MR) is 84.5 cm³/mol. The maximum atomic E-state index is 13.5. The lowest BCUT2D eigenvalue weighted by molar-refractivity contribution is 0.527. The number of halogens is 1. The van der Waals surface area contributed by atoms with Gasteiger partial charge in [-0.25, -0.2) is 9.37 Å². The Bertz CT molecular complexity index is 598. The molecule has 21 heavy (non-hydrogen) atoms. The molecule has 1 atom stereocenters. The highest BCUT2D eigenvalue weighted by atomic mass is 19.1. The minimum atomic E-state index is -0.172. The van der Waals surface area contributed by atoms with Crippen LogP contribution in [-0.2, 0) is 6.42 Å². The summed E-state index contributed by atoms with van der Waals surface area (Å²) in [5.74, 6) is 0.383. The average Bonchev–Trinajstić information content (AvgIpc) is 2.48. The molecule has 0 fully saturated rings. The Labute approximate surface area is 125 Å². The van der Waals surface area contributed by atoms with Crippen molar-refractivity contribution in [1.82, 2.24) is 10.3 Å². The van der Waals surface area contributed by atoms with Crippen LogP contribution in [0.4, 0.5) is 10.2 Å². The van der Waals surface area contributed by atoms with Gasteiger partial charge in [-0.1, -0.05) is 25.1 Å². The van der Waals surface area contributed by atoms with Crippen molar-refractivity contribution in [1.29, 1.82) is 0 Å². The van der Waals surface area contributed by atoms with Crippen LogP contribution in [0.25, 0.3) is 0 Å². The van der Waals surface area contributed by atoms with Crippen LogP contribution in [0.1, 0.15) is 36.1 Å². The molecule has 3 N–H and O–H groups in total. The quantitative estimate of drug-likeness (QED) is 0.856. The van der Waals surface area contributed by atoms with Gasteiger partial charge in [0, 0.05) is 12.2 Å². The number of aryl methyl sites for hydroxylation is 1. The van der Waals surface area contributed by atoms with Crippen LogP contribution in [0, 0.1) is 12.7 Å². The van der Waals surface area contributed by atoms with Crippen molar-refractivity contribution in [3.8, 4) is 0 Å². The third kappa shape index (κ3) is 4.02. The third-order valence-corrected chi connectivity index (χ3v) is 3.58. The fraction of sp³-hybridized carbons (Fsp3) is 0.353. The van der Waals surface area contributed by atoms with Crippen LogP contribution in [0.3, 0.4) is 0 Å². The van der Waals surface area contributed by atoms with E-state index in [1.165, 1.54) is 6.07 Å². The van der Waals surface area contributed by atoms with Crippen molar-refractivity contribution in [2.24, 2.45) is 0 Å². The van der Waals surface area contributed by atoms with Gasteiger partial charge in [0.05, 0.1) is 0 Å². The van der Waals surface area contributed by atoms with Gasteiger partial charge in [0.1, 0.15) is 11.6 Å². The van der Waals surface area contributed by atoms with Gasteiger partial charge in [-0.3, -0.25) is 0 Å². The van der Waals surface area contributed by atoms with Gasteiger partial charge in [-0.05, 0) is 55.1 Å². The largest absolute Gasteiger partial charge is 0.383 e. The molecule has 0 radical (unpaired) electrons. The highest BCUT2D eigenvalue weighted by Crippen LogP contribution is 2.22. The third-order valence-electron chi connectivity index (χ3n) is 3.58. The zero-order chi connectivity index (χ0) is 15.2. The Balaban J connectivity index is 2.25. The summed E-state index contributed by atoms with van der Waals surface area (Å²) < 4.78 is 13.5. The van der Waals surface area contributed by atoms with Crippen LogP contribution >= 0.6 is 0 Å². The SMILES string of the molecule is CCCNC(Cc1cccnc1N)c1ccc(F)c(C)c1. The number of hydrogen-bond donors (Lipinski definition) is 2. The van der Waals surface area contributed by atoms with Crippen LogP contribution in [0.5, 0.6) is 0 Å². The number of nitrogen functional groups attached to an aromatic ring is 1. The van der Waals surface area contributed by atoms with Crippen molar-refractivity contribution >= 4 is 5.82 Å². The molecule has 1 aromatic carbocycles. The molecular formula is C17H22FN3. The van der Waals surface area contributed by atoms with E-state index in [1.54, 1.807) is 13.1 Å². The van der Waals surface area contributed by atoms with Crippen molar-refractivity contribution in [2.45, 2.75) is 32.7 Å². The molecule has 0 aliphatic rings. The fourth-order valence-corrected chi connectivity index (χ4v) is 2.35. The van der Waals surface area contributed by atoms with E-state index in [4.69, 9.17) is 5.73 Å². The first kappa shape index (κ1) is 15.4. The second-order valence-corrected chi connectivity index (χ2v) is 5.27. The van der Waals surface area contributed by atoms with Gasteiger partial charge in [0.25, 0.3) is 0 Å². The van der Waals surface area contributed by atoms with Crippen molar-refractivity contribution in [2.75, 3.05) is 12.3 Å². The Morgan fingerprint density at radius 1 is 1.33 bits per heavy atom. The van der Waals surface area contributed by atoms with Gasteiger partial charge in [-0.2, -0.15) is 0 Å². The van der Waals surface area contributed by atoms with Gasteiger partial charge < -0.3 is 11.1 Å². The molecule has 1 unspecified atom stereocenters. The minimum absolute atomic E-state index is 0.107. The lowest BCUT2D eigenvalue weighted by Gasteiger charge is -2.20. The summed E-state index contributed by atoms with van der Waals surface area (Å²) in [6, 6.07) is 9.24. The predicted octanol–water partition coefficient (Wildman–Crippen LogP) is 3.39. The molecule has 0 spiro atoms. The number of nitrogens with two attached hydrogens (primary N) is 1. The van der Waals surface area contributed by atoms with Crippen molar-refractivity contribution in [3.63, 3.8) is 0 Å². The summed E-state index contributed by atoms with van der Waals surface area (Å²) in [5, 5.41) is 3.50. The van der Waals surface area contributed by atoms with Crippen molar-refractivity contribution in [3.05, 3.63) is 59.0 Å². The van der Waals surface area contributed by atoms with Gasteiger partial charge >= 0.3 is 0 Å². The topological polar surface area (TPSA) is 50.9 Å². The lowest BCUT2D eigenvalue weighted by atomic mass is 9.97. The first-order valence-electron chi connectivity index (χ1n) is 7.30. The van der Waals surface area contributed by atoms with Gasteiger partial charge in [-0.15, -0.1) is 0 Å². The molecule has 2 rings (SSSR count). The molecule has 0 aliphatic heterocycles.